The summed E-state index contributed by atoms with van der Waals surface area (Å²) in [5.74, 6) is 1.66. The van der Waals surface area contributed by atoms with Crippen molar-refractivity contribution in [1.29, 1.82) is 0 Å². The Morgan fingerprint density at radius 2 is 0.758 bits per heavy atom. The van der Waals surface area contributed by atoms with Gasteiger partial charge < -0.3 is 38.2 Å². The quantitative estimate of drug-likeness (QED) is 0.0379. The Kier molecular flexibility index (Phi) is 14.6. The van der Waals surface area contributed by atoms with E-state index in [-0.39, 0.29) is 12.2 Å². The normalized spacial score (nSPS) is 15.2. The SMILES string of the molecule is Cc1cc(OCCOCC2CO2)ccc1N(c1ccccc1)c1ccc(/C=C/c2ccc(/C=C/c3ccc(N(c4ccccc4)c4ccc(OCCOCC5CO5)cc4C)cc3)cc2)cc1. The molecule has 2 unspecified atom stereocenters. The highest BCUT2D eigenvalue weighted by molar-refractivity contribution is 5.82. The number of epoxide rings is 2. The van der Waals surface area contributed by atoms with Gasteiger partial charge in [0.1, 0.15) is 36.9 Å². The first-order valence-electron chi connectivity index (χ1n) is 22.7. The fourth-order valence-electron chi connectivity index (χ4n) is 7.71. The van der Waals surface area contributed by atoms with Crippen molar-refractivity contribution in [1.82, 2.24) is 0 Å². The third kappa shape index (κ3) is 12.2. The highest BCUT2D eigenvalue weighted by Crippen LogP contribution is 2.39. The van der Waals surface area contributed by atoms with E-state index in [1.165, 1.54) is 0 Å². The molecule has 8 heteroatoms. The molecule has 9 rings (SSSR count). The van der Waals surface area contributed by atoms with E-state index in [0.717, 1.165) is 92.2 Å². The average Bonchev–Trinajstić information content (AvgIpc) is 4.31. The zero-order valence-corrected chi connectivity index (χ0v) is 37.6. The molecular weight excluding hydrogens is 821 g/mol. The van der Waals surface area contributed by atoms with E-state index >= 15 is 0 Å². The van der Waals surface area contributed by atoms with E-state index in [2.05, 4.69) is 194 Å². The van der Waals surface area contributed by atoms with Crippen molar-refractivity contribution in [3.05, 3.63) is 203 Å². The molecule has 66 heavy (non-hydrogen) atoms. The molecule has 2 atom stereocenters. The first-order chi connectivity index (χ1) is 32.5. The van der Waals surface area contributed by atoms with Crippen LogP contribution in [-0.4, -0.2) is 65.1 Å². The third-order valence-electron chi connectivity index (χ3n) is 11.4. The molecule has 7 aromatic carbocycles. The summed E-state index contributed by atoms with van der Waals surface area (Å²) in [7, 11) is 0. The van der Waals surface area contributed by atoms with E-state index in [0.29, 0.717) is 39.6 Å². The Balaban J connectivity index is 0.817. The molecule has 0 aliphatic carbocycles. The molecule has 2 fully saturated rings. The van der Waals surface area contributed by atoms with Crippen LogP contribution in [0.3, 0.4) is 0 Å². The van der Waals surface area contributed by atoms with Gasteiger partial charge >= 0.3 is 0 Å². The number of nitrogens with zero attached hydrogens (tertiary/aromatic N) is 2. The number of hydrogen-bond donors (Lipinski definition) is 0. The van der Waals surface area contributed by atoms with Crippen LogP contribution < -0.4 is 19.3 Å². The van der Waals surface area contributed by atoms with Crippen LogP contribution >= 0.6 is 0 Å². The fourth-order valence-corrected chi connectivity index (χ4v) is 7.71. The van der Waals surface area contributed by atoms with E-state index < -0.39 is 0 Å². The maximum atomic E-state index is 6.00. The Morgan fingerprint density at radius 3 is 1.09 bits per heavy atom. The van der Waals surface area contributed by atoms with Crippen molar-refractivity contribution in [3.8, 4) is 11.5 Å². The molecule has 0 spiro atoms. The average molecular weight is 877 g/mol. The fraction of sp³-hybridized carbons (Fsp3) is 0.207. The third-order valence-corrected chi connectivity index (χ3v) is 11.4. The van der Waals surface area contributed by atoms with Crippen LogP contribution in [0.1, 0.15) is 33.4 Å². The van der Waals surface area contributed by atoms with Crippen LogP contribution in [0.25, 0.3) is 24.3 Å². The molecule has 0 radical (unpaired) electrons. The summed E-state index contributed by atoms with van der Waals surface area (Å²) in [6, 6.07) is 59.4. The number of para-hydroxylation sites is 2. The Hall–Kier alpha value is -6.94. The van der Waals surface area contributed by atoms with Gasteiger partial charge in [0.2, 0.25) is 0 Å². The summed E-state index contributed by atoms with van der Waals surface area (Å²) in [5.41, 5.74) is 13.3. The molecule has 0 aromatic heterocycles. The van der Waals surface area contributed by atoms with Gasteiger partial charge in [-0.1, -0.05) is 109 Å². The second-order valence-corrected chi connectivity index (χ2v) is 16.5. The molecule has 7 aromatic rings. The number of ether oxygens (including phenoxy) is 6. The minimum Gasteiger partial charge on any atom is -0.491 e. The van der Waals surface area contributed by atoms with Crippen molar-refractivity contribution >= 4 is 58.4 Å². The van der Waals surface area contributed by atoms with Crippen LogP contribution in [0, 0.1) is 13.8 Å². The van der Waals surface area contributed by atoms with Crippen molar-refractivity contribution < 1.29 is 28.4 Å². The summed E-state index contributed by atoms with van der Waals surface area (Å²) >= 11 is 0. The molecular formula is C58H56N2O6. The summed E-state index contributed by atoms with van der Waals surface area (Å²) in [4.78, 5) is 4.57. The Morgan fingerprint density at radius 1 is 0.424 bits per heavy atom. The maximum Gasteiger partial charge on any atom is 0.119 e. The number of hydrogen-bond acceptors (Lipinski definition) is 8. The molecule has 2 heterocycles. The lowest BCUT2D eigenvalue weighted by Crippen LogP contribution is -2.12. The second-order valence-electron chi connectivity index (χ2n) is 16.5. The van der Waals surface area contributed by atoms with Gasteiger partial charge in [-0.3, -0.25) is 0 Å². The van der Waals surface area contributed by atoms with Crippen molar-refractivity contribution in [3.63, 3.8) is 0 Å². The molecule has 0 bridgehead atoms. The smallest absolute Gasteiger partial charge is 0.119 e. The van der Waals surface area contributed by atoms with Gasteiger partial charge in [0.05, 0.1) is 39.6 Å². The topological polar surface area (TPSA) is 68.5 Å². The highest BCUT2D eigenvalue weighted by atomic mass is 16.6. The van der Waals surface area contributed by atoms with E-state index in [9.17, 15) is 0 Å². The second kappa shape index (κ2) is 21.8. The summed E-state index contributed by atoms with van der Waals surface area (Å²) < 4.78 is 33.7. The zero-order chi connectivity index (χ0) is 44.9. The lowest BCUT2D eigenvalue weighted by Gasteiger charge is -2.27. The van der Waals surface area contributed by atoms with Gasteiger partial charge in [-0.2, -0.15) is 0 Å². The molecule has 0 N–H and O–H groups in total. The van der Waals surface area contributed by atoms with Crippen molar-refractivity contribution in [2.75, 3.05) is 62.7 Å². The van der Waals surface area contributed by atoms with Crippen molar-refractivity contribution in [2.45, 2.75) is 26.1 Å². The minimum absolute atomic E-state index is 0.261. The molecule has 2 aliphatic heterocycles. The van der Waals surface area contributed by atoms with Crippen LogP contribution in [0.2, 0.25) is 0 Å². The number of benzene rings is 7. The van der Waals surface area contributed by atoms with E-state index in [1.807, 2.05) is 24.3 Å². The lowest BCUT2D eigenvalue weighted by molar-refractivity contribution is 0.0878. The van der Waals surface area contributed by atoms with Gasteiger partial charge in [-0.15, -0.1) is 0 Å². The van der Waals surface area contributed by atoms with Gasteiger partial charge in [-0.25, -0.2) is 0 Å². The molecule has 2 saturated heterocycles. The number of rotatable bonds is 22. The molecule has 2 aliphatic rings. The van der Waals surface area contributed by atoms with Crippen LogP contribution in [0.15, 0.2) is 170 Å². The monoisotopic (exact) mass is 876 g/mol. The predicted molar refractivity (Wildman–Crippen MR) is 268 cm³/mol. The van der Waals surface area contributed by atoms with Gasteiger partial charge in [-0.05, 0) is 132 Å². The first-order valence-corrected chi connectivity index (χ1v) is 22.7. The molecule has 0 amide bonds. The molecule has 8 nitrogen and oxygen atoms in total. The van der Waals surface area contributed by atoms with E-state index in [1.54, 1.807) is 0 Å². The lowest BCUT2D eigenvalue weighted by atomic mass is 10.1. The van der Waals surface area contributed by atoms with Crippen LogP contribution in [0.4, 0.5) is 34.1 Å². The summed E-state index contributed by atoms with van der Waals surface area (Å²) in [6.07, 6.45) is 9.16. The van der Waals surface area contributed by atoms with E-state index in [4.69, 9.17) is 28.4 Å². The number of anilines is 6. The molecule has 0 saturated carbocycles. The number of aryl methyl sites for hydroxylation is 2. The molecule has 334 valence electrons. The zero-order valence-electron chi connectivity index (χ0n) is 37.6. The largest absolute Gasteiger partial charge is 0.491 e. The van der Waals surface area contributed by atoms with Crippen LogP contribution in [-0.2, 0) is 18.9 Å². The van der Waals surface area contributed by atoms with Gasteiger partial charge in [0, 0.05) is 34.1 Å². The maximum absolute atomic E-state index is 6.00. The van der Waals surface area contributed by atoms with Crippen LogP contribution in [0.5, 0.6) is 11.5 Å². The Labute approximate surface area is 388 Å². The van der Waals surface area contributed by atoms with Crippen molar-refractivity contribution in [2.24, 2.45) is 0 Å². The summed E-state index contributed by atoms with van der Waals surface area (Å²) in [6.45, 7) is 9.18. The van der Waals surface area contributed by atoms with Gasteiger partial charge in [0.15, 0.2) is 0 Å². The van der Waals surface area contributed by atoms with Gasteiger partial charge in [0.25, 0.3) is 0 Å². The summed E-state index contributed by atoms with van der Waals surface area (Å²) in [5, 5.41) is 0. The Bertz CT molecular complexity index is 2490. The predicted octanol–water partition coefficient (Wildman–Crippen LogP) is 13.2. The highest BCUT2D eigenvalue weighted by Gasteiger charge is 2.23. The minimum atomic E-state index is 0.261. The standard InChI is InChI=1S/C58H56N2O6/c1-43-37-53(63-35-33-61-39-55-41-65-55)29-31-57(43)59(49-9-5-3-6-10-49)51-25-21-47(22-26-51)19-17-45-13-15-46(16-14-45)18-20-48-23-27-52(28-24-48)60(50-11-7-4-8-12-50)58-32-30-54(38-44(58)2)64-36-34-62-40-56-42-66-56/h3-32,37-38,55-56H,33-36,39-42H2,1-2H3/b19-17+,20-18+. The first kappa shape index (κ1) is 44.3.